The first-order valence-corrected chi connectivity index (χ1v) is 8.90. The number of nitrogens with one attached hydrogen (secondary N) is 1. The van der Waals surface area contributed by atoms with Gasteiger partial charge in [-0.15, -0.1) is 0 Å². The van der Waals surface area contributed by atoms with Gasteiger partial charge < -0.3 is 15.3 Å². The van der Waals surface area contributed by atoms with Crippen LogP contribution in [0.3, 0.4) is 0 Å². The zero-order chi connectivity index (χ0) is 17.6. The fourth-order valence-electron chi connectivity index (χ4n) is 3.53. The van der Waals surface area contributed by atoms with Gasteiger partial charge in [0.05, 0.1) is 18.3 Å². The number of aromatic nitrogens is 2. The number of carbonyl (C=O) groups excluding carboxylic acids is 1. The number of hydrogen-bond acceptors (Lipinski definition) is 3. The van der Waals surface area contributed by atoms with E-state index in [-0.39, 0.29) is 18.7 Å². The first-order valence-electron chi connectivity index (χ1n) is 8.90. The van der Waals surface area contributed by atoms with Crippen molar-refractivity contribution in [2.75, 3.05) is 13.2 Å². The van der Waals surface area contributed by atoms with Gasteiger partial charge in [-0.25, -0.2) is 4.79 Å². The summed E-state index contributed by atoms with van der Waals surface area (Å²) in [6, 6.07) is 10.3. The van der Waals surface area contributed by atoms with Crippen molar-refractivity contribution in [2.24, 2.45) is 7.05 Å². The Morgan fingerprint density at radius 2 is 2.24 bits per heavy atom. The molecule has 0 bridgehead atoms. The van der Waals surface area contributed by atoms with Gasteiger partial charge in [0.25, 0.3) is 0 Å². The van der Waals surface area contributed by atoms with Crippen LogP contribution >= 0.6 is 0 Å². The SMILES string of the molecule is Cn1nccc1CNC(=O)N(CCCO)C1CCCc2ccccc21. The molecular formula is C19H26N4O2. The van der Waals surface area contributed by atoms with Crippen LogP contribution in [0.15, 0.2) is 36.5 Å². The zero-order valence-corrected chi connectivity index (χ0v) is 14.7. The molecular weight excluding hydrogens is 316 g/mol. The molecule has 25 heavy (non-hydrogen) atoms. The molecule has 6 heteroatoms. The van der Waals surface area contributed by atoms with Crippen molar-refractivity contribution in [1.82, 2.24) is 20.0 Å². The van der Waals surface area contributed by atoms with E-state index in [1.54, 1.807) is 10.9 Å². The number of fused-ring (bicyclic) bond motifs is 1. The smallest absolute Gasteiger partial charge is 0.318 e. The van der Waals surface area contributed by atoms with Crippen molar-refractivity contribution < 1.29 is 9.90 Å². The Labute approximate surface area is 148 Å². The summed E-state index contributed by atoms with van der Waals surface area (Å²) in [7, 11) is 1.86. The van der Waals surface area contributed by atoms with Crippen LogP contribution < -0.4 is 5.32 Å². The number of benzene rings is 1. The number of hydrogen-bond donors (Lipinski definition) is 2. The van der Waals surface area contributed by atoms with E-state index in [0.29, 0.717) is 19.5 Å². The van der Waals surface area contributed by atoms with Crippen LogP contribution in [0.4, 0.5) is 4.79 Å². The van der Waals surface area contributed by atoms with Crippen molar-refractivity contribution in [3.8, 4) is 0 Å². The van der Waals surface area contributed by atoms with Gasteiger partial charge in [0, 0.05) is 26.4 Å². The van der Waals surface area contributed by atoms with Crippen LogP contribution in [0.5, 0.6) is 0 Å². The Bertz CT molecular complexity index is 713. The third kappa shape index (κ3) is 4.02. The molecule has 0 saturated heterocycles. The monoisotopic (exact) mass is 342 g/mol. The van der Waals surface area contributed by atoms with Gasteiger partial charge in [-0.1, -0.05) is 24.3 Å². The molecule has 1 unspecified atom stereocenters. The molecule has 3 rings (SSSR count). The molecule has 1 atom stereocenters. The van der Waals surface area contributed by atoms with Gasteiger partial charge >= 0.3 is 6.03 Å². The molecule has 0 saturated carbocycles. The summed E-state index contributed by atoms with van der Waals surface area (Å²) < 4.78 is 1.76. The molecule has 1 aliphatic rings. The lowest BCUT2D eigenvalue weighted by Gasteiger charge is -2.36. The molecule has 2 amide bonds. The number of aryl methyl sites for hydroxylation is 2. The van der Waals surface area contributed by atoms with Crippen molar-refractivity contribution >= 4 is 6.03 Å². The molecule has 0 aliphatic heterocycles. The summed E-state index contributed by atoms with van der Waals surface area (Å²) >= 11 is 0. The van der Waals surface area contributed by atoms with E-state index in [2.05, 4.69) is 28.6 Å². The highest BCUT2D eigenvalue weighted by Crippen LogP contribution is 2.34. The van der Waals surface area contributed by atoms with Crippen LogP contribution in [-0.2, 0) is 20.0 Å². The Hall–Kier alpha value is -2.34. The Morgan fingerprint density at radius 3 is 3.00 bits per heavy atom. The zero-order valence-electron chi connectivity index (χ0n) is 14.7. The molecule has 0 radical (unpaired) electrons. The van der Waals surface area contributed by atoms with Gasteiger partial charge in [-0.2, -0.15) is 5.10 Å². The molecule has 0 fully saturated rings. The summed E-state index contributed by atoms with van der Waals surface area (Å²) in [6.45, 7) is 1.08. The van der Waals surface area contributed by atoms with Crippen molar-refractivity contribution in [3.63, 3.8) is 0 Å². The van der Waals surface area contributed by atoms with Crippen LogP contribution in [0.25, 0.3) is 0 Å². The Morgan fingerprint density at radius 1 is 1.40 bits per heavy atom. The lowest BCUT2D eigenvalue weighted by atomic mass is 9.87. The number of aliphatic hydroxyl groups excluding tert-OH is 1. The average molecular weight is 342 g/mol. The second-order valence-electron chi connectivity index (χ2n) is 6.48. The van der Waals surface area contributed by atoms with E-state index >= 15 is 0 Å². The third-order valence-corrected chi connectivity index (χ3v) is 4.88. The number of nitrogens with zero attached hydrogens (tertiary/aromatic N) is 3. The molecule has 1 aromatic heterocycles. The lowest BCUT2D eigenvalue weighted by Crippen LogP contribution is -2.43. The highest BCUT2D eigenvalue weighted by Gasteiger charge is 2.28. The summed E-state index contributed by atoms with van der Waals surface area (Å²) in [5.41, 5.74) is 3.52. The van der Waals surface area contributed by atoms with Crippen molar-refractivity contribution in [3.05, 3.63) is 53.3 Å². The second kappa shape index (κ2) is 8.16. The molecule has 0 spiro atoms. The van der Waals surface area contributed by atoms with Crippen LogP contribution in [0.2, 0.25) is 0 Å². The van der Waals surface area contributed by atoms with Crippen LogP contribution in [-0.4, -0.2) is 39.0 Å². The van der Waals surface area contributed by atoms with E-state index in [9.17, 15) is 9.90 Å². The maximum atomic E-state index is 12.9. The lowest BCUT2D eigenvalue weighted by molar-refractivity contribution is 0.157. The van der Waals surface area contributed by atoms with E-state index in [1.165, 1.54) is 11.1 Å². The second-order valence-corrected chi connectivity index (χ2v) is 6.48. The number of rotatable bonds is 6. The first kappa shape index (κ1) is 17.5. The maximum absolute atomic E-state index is 12.9. The number of urea groups is 1. The third-order valence-electron chi connectivity index (χ3n) is 4.88. The standard InChI is InChI=1S/C19H26N4O2/c1-22-16(10-11-21-22)14-20-19(25)23(12-5-13-24)18-9-4-7-15-6-2-3-8-17(15)18/h2-3,6,8,10-11,18,24H,4-5,7,9,12-14H2,1H3,(H,20,25). The van der Waals surface area contributed by atoms with Crippen LogP contribution in [0, 0.1) is 0 Å². The summed E-state index contributed by atoms with van der Waals surface area (Å²) in [5, 5.41) is 16.4. The fourth-order valence-corrected chi connectivity index (χ4v) is 3.53. The van der Waals surface area contributed by atoms with E-state index in [1.807, 2.05) is 24.1 Å². The molecule has 1 aromatic carbocycles. The topological polar surface area (TPSA) is 70.4 Å². The minimum absolute atomic E-state index is 0.0723. The highest BCUT2D eigenvalue weighted by molar-refractivity contribution is 5.75. The van der Waals surface area contributed by atoms with Crippen LogP contribution in [0.1, 0.15) is 42.1 Å². The summed E-state index contributed by atoms with van der Waals surface area (Å²) in [4.78, 5) is 14.7. The number of amides is 2. The normalized spacial score (nSPS) is 16.3. The quantitative estimate of drug-likeness (QED) is 0.847. The molecule has 1 aliphatic carbocycles. The van der Waals surface area contributed by atoms with Gasteiger partial charge in [-0.3, -0.25) is 4.68 Å². The predicted octanol–water partition coefficient (Wildman–Crippen LogP) is 2.39. The Balaban J connectivity index is 1.75. The Kier molecular flexibility index (Phi) is 5.71. The van der Waals surface area contributed by atoms with Gasteiger partial charge in [0.15, 0.2) is 0 Å². The summed E-state index contributed by atoms with van der Waals surface area (Å²) in [6.07, 6.45) is 5.41. The van der Waals surface area contributed by atoms with E-state index < -0.39 is 0 Å². The minimum Gasteiger partial charge on any atom is -0.396 e. The number of carbonyl (C=O) groups is 1. The van der Waals surface area contributed by atoms with E-state index in [0.717, 1.165) is 25.0 Å². The molecule has 2 aromatic rings. The molecule has 6 nitrogen and oxygen atoms in total. The molecule has 134 valence electrons. The predicted molar refractivity (Wildman–Crippen MR) is 96.0 cm³/mol. The van der Waals surface area contributed by atoms with Gasteiger partial charge in [-0.05, 0) is 42.9 Å². The molecule has 1 heterocycles. The largest absolute Gasteiger partial charge is 0.396 e. The van der Waals surface area contributed by atoms with E-state index in [4.69, 9.17) is 0 Å². The number of aliphatic hydroxyl groups is 1. The molecule has 2 N–H and O–H groups in total. The first-order chi connectivity index (χ1) is 12.2. The maximum Gasteiger partial charge on any atom is 0.318 e. The van der Waals surface area contributed by atoms with Crippen molar-refractivity contribution in [2.45, 2.75) is 38.3 Å². The van der Waals surface area contributed by atoms with Gasteiger partial charge in [0.1, 0.15) is 0 Å². The summed E-state index contributed by atoms with van der Waals surface area (Å²) in [5.74, 6) is 0. The minimum atomic E-state index is -0.0867. The average Bonchev–Trinajstić information content (AvgIpc) is 3.05. The van der Waals surface area contributed by atoms with Crippen molar-refractivity contribution in [1.29, 1.82) is 0 Å². The van der Waals surface area contributed by atoms with Gasteiger partial charge in [0.2, 0.25) is 0 Å². The fraction of sp³-hybridized carbons (Fsp3) is 0.474. The highest BCUT2D eigenvalue weighted by atomic mass is 16.3.